The number of hydrogen-bond acceptors (Lipinski definition) is 3. The number of carbonyl (C=O) groups is 2. The SMILES string of the molecule is Cc1cccc(CNC(=O)c2ccc3c(c2)N(Cc2ccccc2)C(=O)CO3)c1. The third-order valence-electron chi connectivity index (χ3n) is 4.88. The van der Waals surface area contributed by atoms with Gasteiger partial charge in [0.25, 0.3) is 11.8 Å². The Hall–Kier alpha value is -3.60. The normalized spacial score (nSPS) is 12.9. The number of benzene rings is 3. The van der Waals surface area contributed by atoms with Gasteiger partial charge in [0.2, 0.25) is 0 Å². The number of fused-ring (bicyclic) bond motifs is 1. The first-order chi connectivity index (χ1) is 14.1. The van der Waals surface area contributed by atoms with Crippen LogP contribution in [0.4, 0.5) is 5.69 Å². The van der Waals surface area contributed by atoms with Crippen molar-refractivity contribution in [3.05, 3.63) is 95.1 Å². The molecule has 4 rings (SSSR count). The van der Waals surface area contributed by atoms with Crippen LogP contribution in [-0.4, -0.2) is 18.4 Å². The largest absolute Gasteiger partial charge is 0.482 e. The van der Waals surface area contributed by atoms with E-state index in [1.807, 2.05) is 61.5 Å². The van der Waals surface area contributed by atoms with Crippen LogP contribution in [0.15, 0.2) is 72.8 Å². The van der Waals surface area contributed by atoms with Crippen molar-refractivity contribution in [2.75, 3.05) is 11.5 Å². The molecule has 0 radical (unpaired) electrons. The number of ether oxygens (including phenoxy) is 1. The first kappa shape index (κ1) is 18.7. The van der Waals surface area contributed by atoms with Crippen LogP contribution in [-0.2, 0) is 17.9 Å². The van der Waals surface area contributed by atoms with Gasteiger partial charge in [-0.1, -0.05) is 60.2 Å². The summed E-state index contributed by atoms with van der Waals surface area (Å²) >= 11 is 0. The van der Waals surface area contributed by atoms with Gasteiger partial charge in [-0.25, -0.2) is 0 Å². The second kappa shape index (κ2) is 8.19. The quantitative estimate of drug-likeness (QED) is 0.725. The summed E-state index contributed by atoms with van der Waals surface area (Å²) in [5, 5.41) is 2.94. The third-order valence-corrected chi connectivity index (χ3v) is 4.88. The highest BCUT2D eigenvalue weighted by atomic mass is 16.5. The molecule has 1 heterocycles. The van der Waals surface area contributed by atoms with Crippen molar-refractivity contribution >= 4 is 17.5 Å². The smallest absolute Gasteiger partial charge is 0.265 e. The number of nitrogens with zero attached hydrogens (tertiary/aromatic N) is 1. The standard InChI is InChI=1S/C24H22N2O3/c1-17-6-5-9-19(12-17)14-25-24(28)20-10-11-22-21(13-20)26(23(27)16-29-22)15-18-7-3-2-4-8-18/h2-13H,14-16H2,1H3,(H,25,28). The molecule has 0 aromatic heterocycles. The Morgan fingerprint density at radius 3 is 2.59 bits per heavy atom. The first-order valence-corrected chi connectivity index (χ1v) is 9.55. The minimum absolute atomic E-state index is 0.00126. The Morgan fingerprint density at radius 2 is 1.79 bits per heavy atom. The van der Waals surface area contributed by atoms with Crippen LogP contribution in [0.2, 0.25) is 0 Å². The second-order valence-electron chi connectivity index (χ2n) is 7.11. The van der Waals surface area contributed by atoms with Gasteiger partial charge >= 0.3 is 0 Å². The molecule has 0 fully saturated rings. The molecule has 0 saturated carbocycles. The van der Waals surface area contributed by atoms with E-state index in [9.17, 15) is 9.59 Å². The van der Waals surface area contributed by atoms with Crippen molar-refractivity contribution in [1.82, 2.24) is 5.32 Å². The van der Waals surface area contributed by atoms with Crippen molar-refractivity contribution in [2.24, 2.45) is 0 Å². The molecule has 1 aliphatic heterocycles. The van der Waals surface area contributed by atoms with Crippen LogP contribution >= 0.6 is 0 Å². The van der Waals surface area contributed by atoms with Gasteiger partial charge in [0.05, 0.1) is 12.2 Å². The molecule has 0 spiro atoms. The van der Waals surface area contributed by atoms with Gasteiger partial charge in [-0.15, -0.1) is 0 Å². The zero-order chi connectivity index (χ0) is 20.2. The van der Waals surface area contributed by atoms with E-state index in [1.54, 1.807) is 23.1 Å². The first-order valence-electron chi connectivity index (χ1n) is 9.55. The Bertz CT molecular complexity index is 1050. The van der Waals surface area contributed by atoms with Gasteiger partial charge in [0.15, 0.2) is 6.61 Å². The molecule has 1 aliphatic rings. The molecule has 146 valence electrons. The lowest BCUT2D eigenvalue weighted by Crippen LogP contribution is -2.38. The van der Waals surface area contributed by atoms with Crippen LogP contribution < -0.4 is 15.0 Å². The second-order valence-corrected chi connectivity index (χ2v) is 7.11. The monoisotopic (exact) mass is 386 g/mol. The molecule has 0 saturated heterocycles. The van der Waals surface area contributed by atoms with Crippen LogP contribution in [0.3, 0.4) is 0 Å². The fraction of sp³-hybridized carbons (Fsp3) is 0.167. The van der Waals surface area contributed by atoms with E-state index in [4.69, 9.17) is 4.74 Å². The summed E-state index contributed by atoms with van der Waals surface area (Å²) in [6.45, 7) is 2.90. The lowest BCUT2D eigenvalue weighted by Gasteiger charge is -2.29. The molecule has 3 aromatic carbocycles. The van der Waals surface area contributed by atoms with Crippen LogP contribution in [0.25, 0.3) is 0 Å². The molecule has 0 bridgehead atoms. The number of amides is 2. The fourth-order valence-corrected chi connectivity index (χ4v) is 3.39. The lowest BCUT2D eigenvalue weighted by molar-refractivity contribution is -0.121. The summed E-state index contributed by atoms with van der Waals surface area (Å²) in [4.78, 5) is 26.8. The highest BCUT2D eigenvalue weighted by Gasteiger charge is 2.26. The van der Waals surface area contributed by atoms with E-state index >= 15 is 0 Å². The molecule has 5 heteroatoms. The van der Waals surface area contributed by atoms with E-state index in [1.165, 1.54) is 0 Å². The molecule has 29 heavy (non-hydrogen) atoms. The van der Waals surface area contributed by atoms with E-state index in [0.29, 0.717) is 30.1 Å². The molecule has 1 N–H and O–H groups in total. The summed E-state index contributed by atoms with van der Waals surface area (Å²) in [5.74, 6) is 0.293. The van der Waals surface area contributed by atoms with Crippen molar-refractivity contribution in [1.29, 1.82) is 0 Å². The van der Waals surface area contributed by atoms with Crippen molar-refractivity contribution < 1.29 is 14.3 Å². The molecule has 3 aromatic rings. The minimum Gasteiger partial charge on any atom is -0.482 e. The average Bonchev–Trinajstić information content (AvgIpc) is 2.74. The predicted octanol–water partition coefficient (Wildman–Crippen LogP) is 3.85. The molecular weight excluding hydrogens is 364 g/mol. The maximum atomic E-state index is 12.7. The average molecular weight is 386 g/mol. The van der Waals surface area contributed by atoms with Crippen LogP contribution in [0, 0.1) is 6.92 Å². The zero-order valence-corrected chi connectivity index (χ0v) is 16.2. The number of aryl methyl sites for hydroxylation is 1. The third kappa shape index (κ3) is 4.29. The Kier molecular flexibility index (Phi) is 5.29. The predicted molar refractivity (Wildman–Crippen MR) is 112 cm³/mol. The van der Waals surface area contributed by atoms with E-state index in [-0.39, 0.29) is 18.4 Å². The Morgan fingerprint density at radius 1 is 1.00 bits per heavy atom. The lowest BCUT2D eigenvalue weighted by atomic mass is 10.1. The minimum atomic E-state index is -0.188. The van der Waals surface area contributed by atoms with Crippen LogP contribution in [0.5, 0.6) is 5.75 Å². The van der Waals surface area contributed by atoms with Gasteiger partial charge < -0.3 is 15.0 Å². The Labute approximate surface area is 169 Å². The Balaban J connectivity index is 1.54. The van der Waals surface area contributed by atoms with Crippen molar-refractivity contribution in [2.45, 2.75) is 20.0 Å². The number of nitrogens with one attached hydrogen (secondary N) is 1. The molecule has 2 amide bonds. The fourth-order valence-electron chi connectivity index (χ4n) is 3.39. The molecule has 0 unspecified atom stereocenters. The molecular formula is C24H22N2O3. The van der Waals surface area contributed by atoms with E-state index in [2.05, 4.69) is 5.32 Å². The summed E-state index contributed by atoms with van der Waals surface area (Å²) in [5.41, 5.74) is 4.32. The maximum absolute atomic E-state index is 12.7. The van der Waals surface area contributed by atoms with Gasteiger partial charge in [-0.3, -0.25) is 9.59 Å². The number of rotatable bonds is 5. The maximum Gasteiger partial charge on any atom is 0.265 e. The van der Waals surface area contributed by atoms with Gasteiger partial charge in [0, 0.05) is 12.1 Å². The highest BCUT2D eigenvalue weighted by Crippen LogP contribution is 2.34. The van der Waals surface area contributed by atoms with Crippen molar-refractivity contribution in [3.63, 3.8) is 0 Å². The molecule has 0 atom stereocenters. The summed E-state index contributed by atoms with van der Waals surface area (Å²) in [6, 6.07) is 23.0. The van der Waals surface area contributed by atoms with Crippen molar-refractivity contribution in [3.8, 4) is 5.75 Å². The molecule has 5 nitrogen and oxygen atoms in total. The zero-order valence-electron chi connectivity index (χ0n) is 16.2. The van der Waals surface area contributed by atoms with Gasteiger partial charge in [0.1, 0.15) is 5.75 Å². The summed E-state index contributed by atoms with van der Waals surface area (Å²) in [7, 11) is 0. The van der Waals surface area contributed by atoms with Crippen LogP contribution in [0.1, 0.15) is 27.0 Å². The number of hydrogen-bond donors (Lipinski definition) is 1. The molecule has 0 aliphatic carbocycles. The number of anilines is 1. The number of carbonyl (C=O) groups excluding carboxylic acids is 2. The summed E-state index contributed by atoms with van der Waals surface area (Å²) in [6.07, 6.45) is 0. The van der Waals surface area contributed by atoms with E-state index in [0.717, 1.165) is 16.7 Å². The highest BCUT2D eigenvalue weighted by molar-refractivity contribution is 6.01. The van der Waals surface area contributed by atoms with E-state index < -0.39 is 0 Å². The van der Waals surface area contributed by atoms with Gasteiger partial charge in [-0.05, 0) is 36.2 Å². The summed E-state index contributed by atoms with van der Waals surface area (Å²) < 4.78 is 5.56. The topological polar surface area (TPSA) is 58.6 Å². The van der Waals surface area contributed by atoms with Gasteiger partial charge in [-0.2, -0.15) is 0 Å².